The first-order valence-electron chi connectivity index (χ1n) is 10.6. The number of aliphatic hydroxyl groups is 3. The Balaban J connectivity index is 1.70. The first-order valence-corrected chi connectivity index (χ1v) is 11.0. The van der Waals surface area contributed by atoms with Gasteiger partial charge in [-0.15, -0.1) is 0 Å². The van der Waals surface area contributed by atoms with Crippen LogP contribution in [0.4, 0.5) is 17.6 Å². The van der Waals surface area contributed by atoms with Crippen LogP contribution in [-0.4, -0.2) is 105 Å². The molecule has 1 aliphatic rings. The molecule has 0 amide bonds. The lowest BCUT2D eigenvalue weighted by Gasteiger charge is -2.40. The fourth-order valence-electron chi connectivity index (χ4n) is 3.37. The summed E-state index contributed by atoms with van der Waals surface area (Å²) in [5, 5.41) is 44.9. The van der Waals surface area contributed by atoms with Crippen molar-refractivity contribution in [1.82, 2.24) is 19.9 Å². The average molecular weight is 514 g/mol. The van der Waals surface area contributed by atoms with E-state index in [1.165, 1.54) is 12.1 Å². The first kappa shape index (κ1) is 26.9. The van der Waals surface area contributed by atoms with Gasteiger partial charge in [0.2, 0.25) is 17.2 Å². The average Bonchev–Trinajstić information content (AvgIpc) is 2.85. The van der Waals surface area contributed by atoms with Crippen LogP contribution in [-0.2, 0) is 9.47 Å². The van der Waals surface area contributed by atoms with Crippen LogP contribution in [0.3, 0.4) is 0 Å². The number of nitro benzene ring substituents is 1. The Hall–Kier alpha value is -2.72. The van der Waals surface area contributed by atoms with E-state index in [-0.39, 0.29) is 35.5 Å². The van der Waals surface area contributed by atoms with Gasteiger partial charge in [0.1, 0.15) is 11.6 Å². The molecule has 0 aliphatic carbocycles. The van der Waals surface area contributed by atoms with Gasteiger partial charge in [0.25, 0.3) is 5.69 Å². The van der Waals surface area contributed by atoms with Crippen LogP contribution in [0.2, 0.25) is 5.28 Å². The quantitative estimate of drug-likeness (QED) is 0.200. The summed E-state index contributed by atoms with van der Waals surface area (Å²) in [6, 6.07) is 6.06. The van der Waals surface area contributed by atoms with Crippen molar-refractivity contribution >= 4 is 29.2 Å². The van der Waals surface area contributed by atoms with Crippen LogP contribution in [0.15, 0.2) is 24.3 Å². The number of nitrogens with one attached hydrogen (secondary N) is 2. The second-order valence-corrected chi connectivity index (χ2v) is 8.55. The molecule has 14 nitrogen and oxygen atoms in total. The lowest BCUT2D eigenvalue weighted by Crippen LogP contribution is -2.49. The number of hydrogen-bond donors (Lipinski definition) is 5. The monoisotopic (exact) mass is 513 g/mol. The number of hydrogen-bond acceptors (Lipinski definition) is 13. The van der Waals surface area contributed by atoms with E-state index in [1.807, 2.05) is 19.0 Å². The predicted octanol–water partition coefficient (Wildman–Crippen LogP) is 0.0171. The van der Waals surface area contributed by atoms with E-state index in [9.17, 15) is 25.4 Å². The van der Waals surface area contributed by atoms with E-state index >= 15 is 0 Å². The standard InChI is InChI=1S/C20H28ClN7O7/c1-27(2)14-8-34-15(35-16(14)12-3-5-13(6-4-12)28(32)33)7-22-18-23-17(21)24-19(25-18)26-20(9-29,10-30)11-31/h3-6,14-16,29-31H,7-11H2,1-2H3,(H2,22,23,24,25,26)/t14-,15+,16-/m0/s1. The minimum Gasteiger partial charge on any atom is -0.394 e. The molecule has 0 bridgehead atoms. The largest absolute Gasteiger partial charge is 0.394 e. The van der Waals surface area contributed by atoms with Gasteiger partial charge in [-0.25, -0.2) is 0 Å². The summed E-state index contributed by atoms with van der Waals surface area (Å²) in [5.74, 6) is 0.00981. The molecule has 5 N–H and O–H groups in total. The lowest BCUT2D eigenvalue weighted by atomic mass is 10.0. The Morgan fingerprint density at radius 2 is 1.77 bits per heavy atom. The molecule has 1 fully saturated rings. The highest BCUT2D eigenvalue weighted by Crippen LogP contribution is 2.31. The maximum Gasteiger partial charge on any atom is 0.269 e. The third-order valence-electron chi connectivity index (χ3n) is 5.52. The van der Waals surface area contributed by atoms with Crippen LogP contribution in [0, 0.1) is 10.1 Å². The van der Waals surface area contributed by atoms with E-state index in [4.69, 9.17) is 21.1 Å². The minimum absolute atomic E-state index is 0.0100. The predicted molar refractivity (Wildman–Crippen MR) is 125 cm³/mol. The van der Waals surface area contributed by atoms with Gasteiger partial charge in [0.15, 0.2) is 6.29 Å². The fourth-order valence-corrected chi connectivity index (χ4v) is 3.53. The Morgan fingerprint density at radius 1 is 1.14 bits per heavy atom. The summed E-state index contributed by atoms with van der Waals surface area (Å²) < 4.78 is 12.0. The number of ether oxygens (including phenoxy) is 2. The van der Waals surface area contributed by atoms with Crippen molar-refractivity contribution in [3.05, 3.63) is 45.2 Å². The molecule has 1 saturated heterocycles. The molecule has 0 saturated carbocycles. The normalized spacial score (nSPS) is 20.6. The zero-order chi connectivity index (χ0) is 25.6. The second kappa shape index (κ2) is 11.8. The highest BCUT2D eigenvalue weighted by molar-refractivity contribution is 6.28. The number of likely N-dealkylation sites (N-methyl/N-ethyl adjacent to an activating group) is 1. The number of benzene rings is 1. The van der Waals surface area contributed by atoms with Crippen molar-refractivity contribution in [2.24, 2.45) is 0 Å². The van der Waals surface area contributed by atoms with Crippen molar-refractivity contribution in [2.45, 2.75) is 24.0 Å². The number of nitro groups is 1. The number of non-ortho nitro benzene ring substituents is 1. The molecule has 35 heavy (non-hydrogen) atoms. The Labute approximate surface area is 206 Å². The number of aromatic nitrogens is 3. The van der Waals surface area contributed by atoms with E-state index in [0.29, 0.717) is 6.61 Å². The third-order valence-corrected chi connectivity index (χ3v) is 5.69. The van der Waals surface area contributed by atoms with E-state index in [1.54, 1.807) is 12.1 Å². The summed E-state index contributed by atoms with van der Waals surface area (Å²) in [4.78, 5) is 24.5. The first-order chi connectivity index (χ1) is 16.7. The van der Waals surface area contributed by atoms with E-state index in [2.05, 4.69) is 25.6 Å². The summed E-state index contributed by atoms with van der Waals surface area (Å²) >= 11 is 5.98. The van der Waals surface area contributed by atoms with Gasteiger partial charge in [-0.05, 0) is 43.4 Å². The summed E-state index contributed by atoms with van der Waals surface area (Å²) in [6.45, 7) is -1.25. The van der Waals surface area contributed by atoms with Gasteiger partial charge in [0.05, 0.1) is 43.9 Å². The van der Waals surface area contributed by atoms with Crippen LogP contribution in [0.1, 0.15) is 11.7 Å². The molecule has 2 aromatic rings. The van der Waals surface area contributed by atoms with Crippen molar-refractivity contribution in [3.8, 4) is 0 Å². The Kier molecular flexibility index (Phi) is 9.07. The van der Waals surface area contributed by atoms with Gasteiger partial charge in [0, 0.05) is 12.1 Å². The molecule has 2 heterocycles. The SMILES string of the molecule is CN(C)[C@H]1CO[C@@H](CNc2nc(Cl)nc(NC(CO)(CO)CO)n2)O[C@H]1c1ccc([N+](=O)[O-])cc1. The van der Waals surface area contributed by atoms with E-state index in [0.717, 1.165) is 5.56 Å². The second-order valence-electron chi connectivity index (χ2n) is 8.21. The molecule has 0 radical (unpaired) electrons. The van der Waals surface area contributed by atoms with Gasteiger partial charge in [-0.2, -0.15) is 15.0 Å². The number of rotatable bonds is 11. The summed E-state index contributed by atoms with van der Waals surface area (Å²) in [7, 11) is 3.78. The highest BCUT2D eigenvalue weighted by atomic mass is 35.5. The molecule has 0 spiro atoms. The third kappa shape index (κ3) is 6.70. The van der Waals surface area contributed by atoms with Crippen LogP contribution >= 0.6 is 11.6 Å². The molecule has 3 rings (SSSR count). The van der Waals surface area contributed by atoms with Gasteiger partial charge in [-0.3, -0.25) is 10.1 Å². The number of nitrogens with zero attached hydrogens (tertiary/aromatic N) is 5. The Morgan fingerprint density at radius 3 is 2.34 bits per heavy atom. The zero-order valence-corrected chi connectivity index (χ0v) is 19.9. The van der Waals surface area contributed by atoms with Gasteiger partial charge >= 0.3 is 0 Å². The minimum atomic E-state index is -1.45. The molecule has 3 atom stereocenters. The summed E-state index contributed by atoms with van der Waals surface area (Å²) in [6.07, 6.45) is -1.12. The fraction of sp³-hybridized carbons (Fsp3) is 0.550. The van der Waals surface area contributed by atoms with Crippen LogP contribution in [0.25, 0.3) is 0 Å². The number of anilines is 2. The molecular weight excluding hydrogens is 486 g/mol. The maximum absolute atomic E-state index is 11.0. The highest BCUT2D eigenvalue weighted by Gasteiger charge is 2.35. The number of halogens is 1. The lowest BCUT2D eigenvalue weighted by molar-refractivity contribution is -0.384. The Bertz CT molecular complexity index is 986. The maximum atomic E-state index is 11.0. The smallest absolute Gasteiger partial charge is 0.269 e. The van der Waals surface area contributed by atoms with Gasteiger partial charge < -0.3 is 40.3 Å². The van der Waals surface area contributed by atoms with E-state index < -0.39 is 42.7 Å². The summed E-state index contributed by atoms with van der Waals surface area (Å²) in [5.41, 5.74) is -0.689. The number of aliphatic hydroxyl groups excluding tert-OH is 3. The molecule has 1 aromatic heterocycles. The van der Waals surface area contributed by atoms with Crippen molar-refractivity contribution in [3.63, 3.8) is 0 Å². The van der Waals surface area contributed by atoms with Crippen LogP contribution in [0.5, 0.6) is 0 Å². The molecule has 1 aromatic carbocycles. The van der Waals surface area contributed by atoms with Crippen molar-refractivity contribution < 1.29 is 29.7 Å². The zero-order valence-electron chi connectivity index (χ0n) is 19.2. The molecular formula is C20H28ClN7O7. The van der Waals surface area contributed by atoms with Crippen molar-refractivity contribution in [2.75, 3.05) is 57.7 Å². The molecule has 15 heteroatoms. The topological polar surface area (TPSA) is 188 Å². The molecule has 0 unspecified atom stereocenters. The van der Waals surface area contributed by atoms with Crippen LogP contribution < -0.4 is 10.6 Å². The molecule has 192 valence electrons. The van der Waals surface area contributed by atoms with Crippen molar-refractivity contribution in [1.29, 1.82) is 0 Å². The molecule has 1 aliphatic heterocycles. The van der Waals surface area contributed by atoms with Gasteiger partial charge in [-0.1, -0.05) is 0 Å².